The van der Waals surface area contributed by atoms with Gasteiger partial charge in [-0.15, -0.1) is 5.10 Å². The lowest BCUT2D eigenvalue weighted by molar-refractivity contribution is 0.0948. The van der Waals surface area contributed by atoms with E-state index in [1.807, 2.05) is 13.8 Å². The Balaban J connectivity index is 1.87. The Morgan fingerprint density at radius 3 is 2.62 bits per heavy atom. The third kappa shape index (κ3) is 4.39. The number of hydrogen-bond donors (Lipinski definition) is 3. The molecule has 0 saturated carbocycles. The van der Waals surface area contributed by atoms with E-state index in [4.69, 9.17) is 5.73 Å². The van der Waals surface area contributed by atoms with Crippen molar-refractivity contribution in [2.75, 3.05) is 5.73 Å². The molecule has 0 unspecified atom stereocenters. The van der Waals surface area contributed by atoms with E-state index < -0.39 is 5.91 Å². The summed E-state index contributed by atoms with van der Waals surface area (Å²) < 4.78 is 5.96. The van der Waals surface area contributed by atoms with Crippen molar-refractivity contribution in [1.82, 2.24) is 30.7 Å². The Morgan fingerprint density at radius 2 is 2.00 bits per heavy atom. The molecule has 1 amide bonds. The molecule has 3 rings (SSSR count). The molecule has 2 heterocycles. The maximum Gasteiger partial charge on any atom is 0.293 e. The molecule has 2 aromatic heterocycles. The minimum absolute atomic E-state index is 0.0507. The van der Waals surface area contributed by atoms with Gasteiger partial charge in [-0.2, -0.15) is 9.78 Å². The molecule has 3 aromatic rings. The molecule has 0 aliphatic carbocycles. The average Bonchev–Trinajstić information content (AvgIpc) is 3.32. The third-order valence-electron chi connectivity index (χ3n) is 4.14. The lowest BCUT2D eigenvalue weighted by Crippen LogP contribution is -2.22. The van der Waals surface area contributed by atoms with Crippen LogP contribution in [0.3, 0.4) is 0 Å². The number of carbonyl (C=O) groups excluding carboxylic acids is 1. The van der Waals surface area contributed by atoms with Crippen LogP contribution in [-0.4, -0.2) is 42.0 Å². The molecular formula is C18H22N8O3. The van der Waals surface area contributed by atoms with E-state index >= 15 is 0 Å². The fourth-order valence-electron chi connectivity index (χ4n) is 2.77. The first-order valence-corrected chi connectivity index (χ1v) is 9.24. The van der Waals surface area contributed by atoms with E-state index in [1.54, 1.807) is 24.3 Å². The number of phenolic OH excluding ortho intramolecular Hbond substituents is 1. The summed E-state index contributed by atoms with van der Waals surface area (Å²) in [5, 5.41) is 28.9. The van der Waals surface area contributed by atoms with Gasteiger partial charge in [0.2, 0.25) is 11.6 Å². The average molecular weight is 398 g/mol. The summed E-state index contributed by atoms with van der Waals surface area (Å²) in [6.07, 6.45) is 2.76. The van der Waals surface area contributed by atoms with E-state index in [-0.39, 0.29) is 23.1 Å². The lowest BCUT2D eigenvalue weighted by atomic mass is 10.1. The lowest BCUT2D eigenvalue weighted by Gasteiger charge is -2.07. The Hall–Kier alpha value is -3.76. The van der Waals surface area contributed by atoms with Crippen molar-refractivity contribution in [2.45, 2.75) is 39.5 Å². The number of nitrogens with zero attached hydrogens (tertiary/aromatic N) is 6. The van der Waals surface area contributed by atoms with Crippen molar-refractivity contribution in [2.24, 2.45) is 5.10 Å². The SMILES string of the molecule is CCC/C(=N/NC(=O)c1nnn(-c2nonc2N)c1CCC)c1ccc(O)cc1. The van der Waals surface area contributed by atoms with Crippen molar-refractivity contribution in [3.8, 4) is 11.6 Å². The number of benzene rings is 1. The molecule has 1 aromatic carbocycles. The number of nitrogens with two attached hydrogens (primary N) is 1. The standard InChI is InChI=1S/C18H22N8O3/c1-3-5-13(11-7-9-12(27)10-8-11)20-22-18(28)15-14(6-4-2)26(25-21-15)17-16(19)23-29-24-17/h7-10,27H,3-6H2,1-2H3,(H2,19,23)(H,22,28)/b20-13-. The van der Waals surface area contributed by atoms with Crippen molar-refractivity contribution >= 4 is 17.4 Å². The number of aromatic nitrogens is 5. The van der Waals surface area contributed by atoms with E-state index in [1.165, 1.54) is 4.68 Å². The number of nitrogens with one attached hydrogen (secondary N) is 1. The quantitative estimate of drug-likeness (QED) is 0.383. The first kappa shape index (κ1) is 20.0. The molecule has 11 heteroatoms. The smallest absolute Gasteiger partial charge is 0.293 e. The molecule has 11 nitrogen and oxygen atoms in total. The van der Waals surface area contributed by atoms with Crippen LogP contribution in [0.4, 0.5) is 5.82 Å². The summed E-state index contributed by atoms with van der Waals surface area (Å²) in [6.45, 7) is 3.98. The maximum absolute atomic E-state index is 12.7. The number of carbonyl (C=O) groups is 1. The van der Waals surface area contributed by atoms with Crippen LogP contribution in [-0.2, 0) is 6.42 Å². The summed E-state index contributed by atoms with van der Waals surface area (Å²) in [6, 6.07) is 6.64. The number of amides is 1. The molecule has 0 saturated heterocycles. The van der Waals surface area contributed by atoms with Gasteiger partial charge in [0.1, 0.15) is 5.75 Å². The van der Waals surface area contributed by atoms with Gasteiger partial charge < -0.3 is 10.8 Å². The second kappa shape index (κ2) is 8.95. The number of hydrazone groups is 1. The van der Waals surface area contributed by atoms with E-state index in [0.717, 1.165) is 18.4 Å². The minimum Gasteiger partial charge on any atom is -0.508 e. The summed E-state index contributed by atoms with van der Waals surface area (Å²) in [7, 11) is 0. The highest BCUT2D eigenvalue weighted by Gasteiger charge is 2.23. The number of nitrogen functional groups attached to an aromatic ring is 1. The zero-order valence-electron chi connectivity index (χ0n) is 16.2. The molecular weight excluding hydrogens is 376 g/mol. The molecule has 0 bridgehead atoms. The number of hydrogen-bond acceptors (Lipinski definition) is 9. The van der Waals surface area contributed by atoms with Crippen LogP contribution in [0.15, 0.2) is 34.0 Å². The summed E-state index contributed by atoms with van der Waals surface area (Å²) in [5.41, 5.74) is 10.4. The molecule has 152 valence electrons. The molecule has 0 spiro atoms. The second-order valence-corrected chi connectivity index (χ2v) is 6.32. The van der Waals surface area contributed by atoms with E-state index in [2.05, 4.69) is 35.8 Å². The minimum atomic E-state index is -0.498. The molecule has 0 aliphatic heterocycles. The Kier molecular flexibility index (Phi) is 6.17. The van der Waals surface area contributed by atoms with Crippen molar-refractivity contribution in [1.29, 1.82) is 0 Å². The van der Waals surface area contributed by atoms with Gasteiger partial charge >= 0.3 is 0 Å². The first-order chi connectivity index (χ1) is 14.0. The van der Waals surface area contributed by atoms with Crippen LogP contribution in [0.2, 0.25) is 0 Å². The highest BCUT2D eigenvalue weighted by atomic mass is 16.6. The largest absolute Gasteiger partial charge is 0.508 e. The highest BCUT2D eigenvalue weighted by Crippen LogP contribution is 2.17. The van der Waals surface area contributed by atoms with Crippen LogP contribution in [0, 0.1) is 0 Å². The Morgan fingerprint density at radius 1 is 1.24 bits per heavy atom. The van der Waals surface area contributed by atoms with Gasteiger partial charge in [0.05, 0.1) is 11.4 Å². The van der Waals surface area contributed by atoms with Gasteiger partial charge in [0.15, 0.2) is 5.69 Å². The fourth-order valence-corrected chi connectivity index (χ4v) is 2.77. The molecule has 4 N–H and O–H groups in total. The zero-order chi connectivity index (χ0) is 20.8. The summed E-state index contributed by atoms with van der Waals surface area (Å²) >= 11 is 0. The van der Waals surface area contributed by atoms with Crippen LogP contribution in [0.25, 0.3) is 5.82 Å². The Bertz CT molecular complexity index is 1010. The van der Waals surface area contributed by atoms with Crippen LogP contribution >= 0.6 is 0 Å². The van der Waals surface area contributed by atoms with Crippen molar-refractivity contribution in [3.63, 3.8) is 0 Å². The van der Waals surface area contributed by atoms with E-state index in [9.17, 15) is 9.90 Å². The monoisotopic (exact) mass is 398 g/mol. The predicted octanol–water partition coefficient (Wildman–Crippen LogP) is 1.82. The maximum atomic E-state index is 12.7. The zero-order valence-corrected chi connectivity index (χ0v) is 16.2. The topological polar surface area (TPSA) is 157 Å². The van der Waals surface area contributed by atoms with Crippen molar-refractivity contribution < 1.29 is 14.5 Å². The summed E-state index contributed by atoms with van der Waals surface area (Å²) in [5.74, 6) is -0.104. The molecule has 29 heavy (non-hydrogen) atoms. The number of anilines is 1. The predicted molar refractivity (Wildman–Crippen MR) is 105 cm³/mol. The molecule has 0 atom stereocenters. The van der Waals surface area contributed by atoms with Gasteiger partial charge in [-0.25, -0.2) is 10.1 Å². The van der Waals surface area contributed by atoms with Gasteiger partial charge in [0.25, 0.3) is 5.91 Å². The fraction of sp³-hybridized carbons (Fsp3) is 0.333. The van der Waals surface area contributed by atoms with Gasteiger partial charge in [-0.1, -0.05) is 31.9 Å². The highest BCUT2D eigenvalue weighted by molar-refractivity contribution is 6.02. The molecule has 0 fully saturated rings. The third-order valence-corrected chi connectivity index (χ3v) is 4.14. The van der Waals surface area contributed by atoms with Crippen molar-refractivity contribution in [3.05, 3.63) is 41.2 Å². The van der Waals surface area contributed by atoms with Gasteiger partial charge in [-0.05, 0) is 53.0 Å². The molecule has 0 aliphatic rings. The van der Waals surface area contributed by atoms with Crippen LogP contribution in [0.5, 0.6) is 5.75 Å². The second-order valence-electron chi connectivity index (χ2n) is 6.32. The molecule has 0 radical (unpaired) electrons. The van der Waals surface area contributed by atoms with Gasteiger partial charge in [0, 0.05) is 0 Å². The number of rotatable bonds is 8. The number of aromatic hydroxyl groups is 1. The van der Waals surface area contributed by atoms with Gasteiger partial charge in [-0.3, -0.25) is 4.79 Å². The summed E-state index contributed by atoms with van der Waals surface area (Å²) in [4.78, 5) is 12.7. The normalized spacial score (nSPS) is 11.6. The van der Waals surface area contributed by atoms with Crippen LogP contribution in [0.1, 0.15) is 54.9 Å². The van der Waals surface area contributed by atoms with E-state index in [0.29, 0.717) is 24.2 Å². The number of phenols is 1. The van der Waals surface area contributed by atoms with Crippen LogP contribution < -0.4 is 11.2 Å². The Labute approximate surface area is 166 Å². The first-order valence-electron chi connectivity index (χ1n) is 9.24.